The molecule has 0 aliphatic carbocycles. The summed E-state index contributed by atoms with van der Waals surface area (Å²) >= 11 is 0. The molecule has 2 aromatic rings. The highest BCUT2D eigenvalue weighted by molar-refractivity contribution is 5.97. The molecule has 0 saturated carbocycles. The lowest BCUT2D eigenvalue weighted by atomic mass is 10.1. The second-order valence-corrected chi connectivity index (χ2v) is 5.97. The average Bonchev–Trinajstić information content (AvgIpc) is 2.61. The van der Waals surface area contributed by atoms with E-state index < -0.39 is 0 Å². The number of carbonyl (C=O) groups excluding carboxylic acids is 2. The molecular weight excluding hydrogens is 316 g/mol. The summed E-state index contributed by atoms with van der Waals surface area (Å²) in [6.07, 6.45) is 0.263. The van der Waals surface area contributed by atoms with E-state index in [1.807, 2.05) is 0 Å². The quantitative estimate of drug-likeness (QED) is 0.528. The van der Waals surface area contributed by atoms with Gasteiger partial charge in [-0.3, -0.25) is 9.59 Å². The fraction of sp³-hybridized carbons (Fsp3) is 0.333. The molecule has 0 amide bonds. The first kappa shape index (κ1) is 18.7. The van der Waals surface area contributed by atoms with Crippen LogP contribution in [0, 0.1) is 13.8 Å². The van der Waals surface area contributed by atoms with E-state index in [9.17, 15) is 9.59 Å². The molecule has 0 bridgehead atoms. The number of hydrogen-bond acceptors (Lipinski definition) is 4. The van der Waals surface area contributed by atoms with Crippen molar-refractivity contribution in [2.24, 2.45) is 0 Å². The predicted octanol–water partition coefficient (Wildman–Crippen LogP) is 4.41. The Labute approximate surface area is 148 Å². The number of carbonyl (C=O) groups is 2. The van der Waals surface area contributed by atoms with E-state index in [0.29, 0.717) is 24.5 Å². The minimum atomic E-state index is -0.343. The summed E-state index contributed by atoms with van der Waals surface area (Å²) in [6.45, 7) is 6.68. The van der Waals surface area contributed by atoms with E-state index >= 15 is 0 Å². The number of hydrogen-bond donors (Lipinski definition) is 0. The molecule has 0 atom stereocenters. The van der Waals surface area contributed by atoms with Crippen molar-refractivity contribution in [2.45, 2.75) is 40.2 Å². The van der Waals surface area contributed by atoms with Crippen LogP contribution in [0.3, 0.4) is 0 Å². The van der Waals surface area contributed by atoms with Crippen LogP contribution in [0.2, 0.25) is 0 Å². The molecule has 0 aromatic heterocycles. The fourth-order valence-corrected chi connectivity index (χ4v) is 2.45. The van der Waals surface area contributed by atoms with Gasteiger partial charge in [-0.2, -0.15) is 0 Å². The number of aryl methyl sites for hydroxylation is 2. The zero-order valence-corrected chi connectivity index (χ0v) is 15.0. The highest BCUT2D eigenvalue weighted by Crippen LogP contribution is 2.18. The van der Waals surface area contributed by atoms with E-state index in [4.69, 9.17) is 9.47 Å². The molecule has 132 valence electrons. The molecule has 0 saturated heterocycles. The van der Waals surface area contributed by atoms with Crippen LogP contribution in [-0.4, -0.2) is 18.4 Å². The van der Waals surface area contributed by atoms with Gasteiger partial charge in [-0.25, -0.2) is 0 Å². The van der Waals surface area contributed by atoms with Gasteiger partial charge in [0.05, 0.1) is 13.0 Å². The topological polar surface area (TPSA) is 52.6 Å². The van der Waals surface area contributed by atoms with Crippen LogP contribution in [0.5, 0.6) is 5.75 Å². The SMILES string of the molecule is CCOC(=O)CCC(=O)c1ccc(OCc2cc(C)ccc2C)cc1. The standard InChI is InChI=1S/C21H24O4/c1-4-24-21(23)12-11-20(22)17-7-9-19(10-8-17)25-14-18-13-15(2)5-6-16(18)3/h5-10,13H,4,11-12,14H2,1-3H3. The Kier molecular flexibility index (Phi) is 6.75. The fourth-order valence-electron chi connectivity index (χ4n) is 2.45. The van der Waals surface area contributed by atoms with Crippen molar-refractivity contribution < 1.29 is 19.1 Å². The lowest BCUT2D eigenvalue weighted by Gasteiger charge is -2.10. The molecule has 0 spiro atoms. The second-order valence-electron chi connectivity index (χ2n) is 5.97. The molecule has 2 rings (SSSR count). The molecule has 0 aliphatic rings. The number of Topliss-reactive ketones (excluding diaryl/α,β-unsaturated/α-hetero) is 1. The van der Waals surface area contributed by atoms with Crippen molar-refractivity contribution in [3.63, 3.8) is 0 Å². The van der Waals surface area contributed by atoms with Gasteiger partial charge in [0.15, 0.2) is 5.78 Å². The summed E-state index contributed by atoms with van der Waals surface area (Å²) in [7, 11) is 0. The van der Waals surface area contributed by atoms with Crippen LogP contribution < -0.4 is 4.74 Å². The maximum Gasteiger partial charge on any atom is 0.306 e. The zero-order chi connectivity index (χ0) is 18.2. The second kappa shape index (κ2) is 9.02. The number of esters is 1. The minimum absolute atomic E-state index is 0.0749. The van der Waals surface area contributed by atoms with Gasteiger partial charge in [0.1, 0.15) is 12.4 Å². The van der Waals surface area contributed by atoms with E-state index in [2.05, 4.69) is 32.0 Å². The van der Waals surface area contributed by atoms with E-state index in [0.717, 1.165) is 5.56 Å². The molecular formula is C21H24O4. The summed E-state index contributed by atoms with van der Waals surface area (Å²) in [5.41, 5.74) is 4.11. The van der Waals surface area contributed by atoms with Gasteiger partial charge >= 0.3 is 5.97 Å². The Morgan fingerprint density at radius 2 is 1.68 bits per heavy atom. The van der Waals surface area contributed by atoms with Crippen LogP contribution in [0.1, 0.15) is 46.8 Å². The molecule has 0 fully saturated rings. The van der Waals surface area contributed by atoms with Gasteiger partial charge in [0.25, 0.3) is 0 Å². The van der Waals surface area contributed by atoms with Crippen LogP contribution in [0.25, 0.3) is 0 Å². The number of ketones is 1. The van der Waals surface area contributed by atoms with Gasteiger partial charge in [0, 0.05) is 12.0 Å². The van der Waals surface area contributed by atoms with Crippen molar-refractivity contribution in [1.29, 1.82) is 0 Å². The Morgan fingerprint density at radius 1 is 0.960 bits per heavy atom. The van der Waals surface area contributed by atoms with Crippen molar-refractivity contribution in [3.8, 4) is 5.75 Å². The highest BCUT2D eigenvalue weighted by Gasteiger charge is 2.10. The summed E-state index contributed by atoms with van der Waals surface area (Å²) < 4.78 is 10.6. The average molecular weight is 340 g/mol. The van der Waals surface area contributed by atoms with Crippen molar-refractivity contribution in [1.82, 2.24) is 0 Å². The third kappa shape index (κ3) is 5.75. The van der Waals surface area contributed by atoms with Crippen molar-refractivity contribution in [2.75, 3.05) is 6.61 Å². The maximum absolute atomic E-state index is 12.1. The third-order valence-corrected chi connectivity index (χ3v) is 3.94. The van der Waals surface area contributed by atoms with Gasteiger partial charge in [-0.05, 0) is 56.2 Å². The molecule has 4 nitrogen and oxygen atoms in total. The normalized spacial score (nSPS) is 10.4. The maximum atomic E-state index is 12.1. The Bertz CT molecular complexity index is 732. The van der Waals surface area contributed by atoms with E-state index in [1.165, 1.54) is 11.1 Å². The minimum Gasteiger partial charge on any atom is -0.489 e. The lowest BCUT2D eigenvalue weighted by molar-refractivity contribution is -0.143. The largest absolute Gasteiger partial charge is 0.489 e. The van der Waals surface area contributed by atoms with Gasteiger partial charge in [0.2, 0.25) is 0 Å². The predicted molar refractivity (Wildman–Crippen MR) is 96.9 cm³/mol. The number of benzene rings is 2. The molecule has 0 aliphatic heterocycles. The van der Waals surface area contributed by atoms with Gasteiger partial charge < -0.3 is 9.47 Å². The van der Waals surface area contributed by atoms with Crippen LogP contribution in [-0.2, 0) is 16.1 Å². The van der Waals surface area contributed by atoms with Crippen LogP contribution in [0.15, 0.2) is 42.5 Å². The summed E-state index contributed by atoms with van der Waals surface area (Å²) in [4.78, 5) is 23.4. The Hall–Kier alpha value is -2.62. The summed E-state index contributed by atoms with van der Waals surface area (Å²) in [5.74, 6) is 0.293. The molecule has 0 heterocycles. The monoisotopic (exact) mass is 340 g/mol. The van der Waals surface area contributed by atoms with Gasteiger partial charge in [-0.15, -0.1) is 0 Å². The molecule has 0 radical (unpaired) electrons. The molecule has 25 heavy (non-hydrogen) atoms. The molecule has 2 aromatic carbocycles. The van der Waals surface area contributed by atoms with E-state index in [1.54, 1.807) is 31.2 Å². The first-order chi connectivity index (χ1) is 12.0. The van der Waals surface area contributed by atoms with E-state index in [-0.39, 0.29) is 24.6 Å². The van der Waals surface area contributed by atoms with Crippen LogP contribution >= 0.6 is 0 Å². The highest BCUT2D eigenvalue weighted by atomic mass is 16.5. The van der Waals surface area contributed by atoms with Gasteiger partial charge in [-0.1, -0.05) is 23.8 Å². The van der Waals surface area contributed by atoms with Crippen molar-refractivity contribution in [3.05, 3.63) is 64.7 Å². The summed E-state index contributed by atoms with van der Waals surface area (Å²) in [6, 6.07) is 13.3. The summed E-state index contributed by atoms with van der Waals surface area (Å²) in [5, 5.41) is 0. The number of ether oxygens (including phenoxy) is 2. The van der Waals surface area contributed by atoms with Crippen LogP contribution in [0.4, 0.5) is 0 Å². The lowest BCUT2D eigenvalue weighted by Crippen LogP contribution is -2.08. The number of rotatable bonds is 8. The molecule has 0 unspecified atom stereocenters. The third-order valence-electron chi connectivity index (χ3n) is 3.94. The smallest absolute Gasteiger partial charge is 0.306 e. The first-order valence-corrected chi connectivity index (χ1v) is 8.47. The first-order valence-electron chi connectivity index (χ1n) is 8.47. The molecule has 0 N–H and O–H groups in total. The Balaban J connectivity index is 1.90. The molecule has 4 heteroatoms. The zero-order valence-electron chi connectivity index (χ0n) is 15.0. The van der Waals surface area contributed by atoms with Crippen molar-refractivity contribution >= 4 is 11.8 Å². The Morgan fingerprint density at radius 3 is 2.36 bits per heavy atom.